The molecule has 0 aromatic heterocycles. The largest absolute Gasteiger partial charge is 0.465 e. The van der Waals surface area contributed by atoms with Crippen molar-refractivity contribution in [3.05, 3.63) is 59.2 Å². The van der Waals surface area contributed by atoms with Crippen molar-refractivity contribution in [2.24, 2.45) is 0 Å². The van der Waals surface area contributed by atoms with Gasteiger partial charge in [0.1, 0.15) is 42.0 Å². The van der Waals surface area contributed by atoms with Gasteiger partial charge < -0.3 is 39.4 Å². The third-order valence-corrected chi connectivity index (χ3v) is 5.09. The van der Waals surface area contributed by atoms with E-state index in [1.54, 1.807) is 24.3 Å². The third-order valence-electron chi connectivity index (χ3n) is 5.09. The summed E-state index contributed by atoms with van der Waals surface area (Å²) in [6, 6.07) is 10.4. The summed E-state index contributed by atoms with van der Waals surface area (Å²) in [5.41, 5.74) is 0.680. The summed E-state index contributed by atoms with van der Waals surface area (Å²) in [6.45, 7) is -0.526. The molecule has 0 radical (unpaired) electrons. The van der Waals surface area contributed by atoms with Gasteiger partial charge in [-0.1, -0.05) is 12.1 Å². The van der Waals surface area contributed by atoms with Gasteiger partial charge in [-0.2, -0.15) is 0 Å². The van der Waals surface area contributed by atoms with Crippen molar-refractivity contribution < 1.29 is 49.0 Å². The Balaban J connectivity index is 1.83. The van der Waals surface area contributed by atoms with E-state index in [1.807, 2.05) is 0 Å². The highest BCUT2D eigenvalue weighted by atomic mass is 16.5. The second kappa shape index (κ2) is 10.1. The molecule has 2 aromatic carbocycles. The Kier molecular flexibility index (Phi) is 7.44. The van der Waals surface area contributed by atoms with Gasteiger partial charge in [-0.3, -0.25) is 0 Å². The molecule has 2 aromatic rings. The molecule has 1 aliphatic rings. The molecule has 4 N–H and O–H groups in total. The zero-order chi connectivity index (χ0) is 23.4. The summed E-state index contributed by atoms with van der Waals surface area (Å²) < 4.78 is 20.7. The molecule has 32 heavy (non-hydrogen) atoms. The van der Waals surface area contributed by atoms with Crippen LogP contribution in [-0.4, -0.2) is 77.6 Å². The number of rotatable bonds is 6. The first-order chi connectivity index (χ1) is 15.3. The number of carbonyl (C=O) groups excluding carboxylic acids is 2. The first-order valence-corrected chi connectivity index (χ1v) is 9.69. The van der Waals surface area contributed by atoms with Crippen molar-refractivity contribution in [3.8, 4) is 11.5 Å². The molecular formula is C22H24O10. The predicted octanol–water partition coefficient (Wildman–Crippen LogP) is 0.567. The van der Waals surface area contributed by atoms with Gasteiger partial charge in [0, 0.05) is 0 Å². The zero-order valence-electron chi connectivity index (χ0n) is 17.4. The number of methoxy groups -OCH3 is 2. The fraction of sp³-hybridized carbons (Fsp3) is 0.364. The molecular weight excluding hydrogens is 424 g/mol. The second-order valence-corrected chi connectivity index (χ2v) is 7.15. The molecule has 0 amide bonds. The Labute approximate surface area is 183 Å². The first-order valence-electron chi connectivity index (χ1n) is 9.69. The Bertz CT molecular complexity index is 921. The molecule has 0 aliphatic carbocycles. The maximum Gasteiger partial charge on any atom is 0.338 e. The molecule has 1 aliphatic heterocycles. The average Bonchev–Trinajstić information content (AvgIpc) is 2.82. The molecule has 5 unspecified atom stereocenters. The van der Waals surface area contributed by atoms with Gasteiger partial charge in [0.15, 0.2) is 0 Å². The molecule has 1 heterocycles. The van der Waals surface area contributed by atoms with Crippen LogP contribution in [0.2, 0.25) is 0 Å². The number of esters is 2. The lowest BCUT2D eigenvalue weighted by Gasteiger charge is -2.40. The third kappa shape index (κ3) is 4.90. The Morgan fingerprint density at radius 1 is 0.844 bits per heavy atom. The molecule has 0 bridgehead atoms. The van der Waals surface area contributed by atoms with Crippen LogP contribution < -0.4 is 4.74 Å². The van der Waals surface area contributed by atoms with Crippen LogP contribution in [0.1, 0.15) is 32.4 Å². The molecule has 10 heteroatoms. The summed E-state index contributed by atoms with van der Waals surface area (Å²) in [7, 11) is 2.43. The fourth-order valence-electron chi connectivity index (χ4n) is 3.37. The second-order valence-electron chi connectivity index (χ2n) is 7.15. The van der Waals surface area contributed by atoms with Gasteiger partial charge in [-0.25, -0.2) is 9.59 Å². The van der Waals surface area contributed by atoms with E-state index < -0.39 is 49.1 Å². The van der Waals surface area contributed by atoms with E-state index in [1.165, 1.54) is 32.4 Å². The maximum absolute atomic E-state index is 11.9. The van der Waals surface area contributed by atoms with Crippen molar-refractivity contribution in [3.63, 3.8) is 0 Å². The van der Waals surface area contributed by atoms with Crippen molar-refractivity contribution in [2.45, 2.75) is 30.5 Å². The normalized spacial score (nSPS) is 25.1. The topological polar surface area (TPSA) is 152 Å². The predicted molar refractivity (Wildman–Crippen MR) is 108 cm³/mol. The fourth-order valence-corrected chi connectivity index (χ4v) is 3.37. The van der Waals surface area contributed by atoms with Gasteiger partial charge in [-0.15, -0.1) is 0 Å². The standard InChI is InChI=1S/C22H24O10/c1-29-21(27)12-7-13(22(28)30-2)9-15(8-12)31-14-5-3-11(4-6-14)20-19(26)18(25)17(24)16(10-23)32-20/h3-9,16-20,23-26H,10H2,1-2H3. The summed E-state index contributed by atoms with van der Waals surface area (Å²) >= 11 is 0. The minimum absolute atomic E-state index is 0.100. The number of hydrogen-bond acceptors (Lipinski definition) is 10. The van der Waals surface area contributed by atoms with E-state index >= 15 is 0 Å². The molecule has 5 atom stereocenters. The van der Waals surface area contributed by atoms with Gasteiger partial charge in [0.25, 0.3) is 0 Å². The van der Waals surface area contributed by atoms with Crippen LogP contribution >= 0.6 is 0 Å². The van der Waals surface area contributed by atoms with Crippen LogP contribution in [0, 0.1) is 0 Å². The Morgan fingerprint density at radius 3 is 1.91 bits per heavy atom. The molecule has 3 rings (SSSR count). The van der Waals surface area contributed by atoms with Crippen LogP contribution in [-0.2, 0) is 14.2 Å². The van der Waals surface area contributed by atoms with Crippen molar-refractivity contribution >= 4 is 11.9 Å². The van der Waals surface area contributed by atoms with Gasteiger partial charge in [0.2, 0.25) is 0 Å². The van der Waals surface area contributed by atoms with E-state index in [0.29, 0.717) is 11.3 Å². The Morgan fingerprint density at radius 2 is 1.41 bits per heavy atom. The summed E-state index contributed by atoms with van der Waals surface area (Å²) in [5, 5.41) is 39.5. The lowest BCUT2D eigenvalue weighted by atomic mass is 9.91. The highest BCUT2D eigenvalue weighted by molar-refractivity contribution is 5.96. The van der Waals surface area contributed by atoms with Gasteiger partial charge in [-0.05, 0) is 35.9 Å². The quantitative estimate of drug-likeness (QED) is 0.462. The molecule has 172 valence electrons. The summed E-state index contributed by atoms with van der Waals surface area (Å²) in [6.07, 6.45) is -6.33. The lowest BCUT2D eigenvalue weighted by Crippen LogP contribution is -2.55. The Hall–Kier alpha value is -3.02. The molecule has 0 spiro atoms. The van der Waals surface area contributed by atoms with Gasteiger partial charge in [0.05, 0.1) is 32.0 Å². The van der Waals surface area contributed by atoms with Crippen LogP contribution in [0.5, 0.6) is 11.5 Å². The minimum atomic E-state index is -1.49. The molecule has 10 nitrogen and oxygen atoms in total. The van der Waals surface area contributed by atoms with Crippen molar-refractivity contribution in [1.82, 2.24) is 0 Å². The SMILES string of the molecule is COC(=O)c1cc(Oc2ccc(C3OC(CO)C(O)C(O)C3O)cc2)cc(C(=O)OC)c1. The molecule has 1 saturated heterocycles. The highest BCUT2D eigenvalue weighted by Gasteiger charge is 2.43. The van der Waals surface area contributed by atoms with E-state index in [9.17, 15) is 30.0 Å². The molecule has 0 saturated carbocycles. The summed E-state index contributed by atoms with van der Waals surface area (Å²) in [4.78, 5) is 23.8. The number of benzene rings is 2. The number of aliphatic hydroxyl groups excluding tert-OH is 4. The number of ether oxygens (including phenoxy) is 4. The minimum Gasteiger partial charge on any atom is -0.465 e. The zero-order valence-corrected chi connectivity index (χ0v) is 17.4. The number of aliphatic hydroxyl groups is 4. The van der Waals surface area contributed by atoms with Crippen molar-refractivity contribution in [1.29, 1.82) is 0 Å². The van der Waals surface area contributed by atoms with E-state index in [-0.39, 0.29) is 16.9 Å². The summed E-state index contributed by atoms with van der Waals surface area (Å²) in [5.74, 6) is -0.776. The van der Waals surface area contributed by atoms with E-state index in [0.717, 1.165) is 0 Å². The number of hydrogen-bond donors (Lipinski definition) is 4. The number of carbonyl (C=O) groups is 2. The van der Waals surface area contributed by atoms with Crippen molar-refractivity contribution in [2.75, 3.05) is 20.8 Å². The molecule has 1 fully saturated rings. The monoisotopic (exact) mass is 448 g/mol. The lowest BCUT2D eigenvalue weighted by molar-refractivity contribution is -0.231. The first kappa shape index (κ1) is 23.6. The van der Waals surface area contributed by atoms with Crippen LogP contribution in [0.3, 0.4) is 0 Å². The van der Waals surface area contributed by atoms with E-state index in [4.69, 9.17) is 18.9 Å². The van der Waals surface area contributed by atoms with Crippen LogP contribution in [0.15, 0.2) is 42.5 Å². The van der Waals surface area contributed by atoms with Gasteiger partial charge >= 0.3 is 11.9 Å². The van der Waals surface area contributed by atoms with Crippen LogP contribution in [0.4, 0.5) is 0 Å². The van der Waals surface area contributed by atoms with Crippen LogP contribution in [0.25, 0.3) is 0 Å². The maximum atomic E-state index is 11.9. The highest BCUT2D eigenvalue weighted by Crippen LogP contribution is 2.34. The smallest absolute Gasteiger partial charge is 0.338 e. The average molecular weight is 448 g/mol. The van der Waals surface area contributed by atoms with E-state index in [2.05, 4.69) is 0 Å².